The van der Waals surface area contributed by atoms with Crippen LogP contribution in [-0.4, -0.2) is 17.0 Å². The second-order valence-electron chi connectivity index (χ2n) is 4.95. The summed E-state index contributed by atoms with van der Waals surface area (Å²) in [5.74, 6) is 0.331. The monoisotopic (exact) mass is 194 g/mol. The van der Waals surface area contributed by atoms with Gasteiger partial charge in [-0.1, -0.05) is 18.1 Å². The van der Waals surface area contributed by atoms with Crippen molar-refractivity contribution in [2.45, 2.75) is 52.1 Å². The number of carbonyl (C=O) groups is 1. The van der Waals surface area contributed by atoms with Crippen molar-refractivity contribution in [2.24, 2.45) is 5.41 Å². The average molecular weight is 194 g/mol. The van der Waals surface area contributed by atoms with Crippen molar-refractivity contribution in [3.05, 3.63) is 11.1 Å². The lowest BCUT2D eigenvalue weighted by Crippen LogP contribution is -2.27. The molecule has 78 valence electrons. The molecular formula is C12H18O2. The van der Waals surface area contributed by atoms with Gasteiger partial charge in [-0.25, -0.2) is 0 Å². The lowest BCUT2D eigenvalue weighted by atomic mass is 9.78. The number of fused-ring (bicyclic) bond motifs is 1. The van der Waals surface area contributed by atoms with Crippen LogP contribution in [0.2, 0.25) is 0 Å². The predicted molar refractivity (Wildman–Crippen MR) is 54.9 cm³/mol. The average Bonchev–Trinajstić information content (AvgIpc) is 2.35. The number of rotatable bonds is 0. The van der Waals surface area contributed by atoms with Crippen molar-refractivity contribution >= 4 is 5.78 Å². The molecule has 0 amide bonds. The summed E-state index contributed by atoms with van der Waals surface area (Å²) in [6, 6.07) is 0. The Kier molecular flexibility index (Phi) is 2.26. The molecule has 14 heavy (non-hydrogen) atoms. The third-order valence-electron chi connectivity index (χ3n) is 3.99. The first-order chi connectivity index (χ1) is 6.54. The zero-order valence-electron chi connectivity index (χ0n) is 8.97. The molecule has 2 atom stereocenters. The van der Waals surface area contributed by atoms with Crippen LogP contribution in [0.1, 0.15) is 46.0 Å². The van der Waals surface area contributed by atoms with E-state index in [1.165, 1.54) is 11.1 Å². The van der Waals surface area contributed by atoms with Gasteiger partial charge in [0, 0.05) is 18.3 Å². The van der Waals surface area contributed by atoms with Crippen molar-refractivity contribution in [3.8, 4) is 0 Å². The van der Waals surface area contributed by atoms with Crippen molar-refractivity contribution in [1.29, 1.82) is 0 Å². The fourth-order valence-corrected chi connectivity index (χ4v) is 2.99. The van der Waals surface area contributed by atoms with E-state index in [1.807, 2.05) is 0 Å². The molecule has 2 rings (SSSR count). The zero-order chi connectivity index (χ0) is 10.3. The lowest BCUT2D eigenvalue weighted by Gasteiger charge is -2.29. The number of allylic oxidation sites excluding steroid dienone is 1. The Labute approximate surface area is 85.0 Å². The van der Waals surface area contributed by atoms with E-state index in [4.69, 9.17) is 0 Å². The highest BCUT2D eigenvalue weighted by molar-refractivity contribution is 5.81. The molecule has 0 heterocycles. The van der Waals surface area contributed by atoms with E-state index in [9.17, 15) is 9.90 Å². The number of hydrogen-bond donors (Lipinski definition) is 1. The molecule has 2 unspecified atom stereocenters. The molecule has 2 heteroatoms. The molecule has 2 aliphatic carbocycles. The molecule has 0 bridgehead atoms. The number of aliphatic hydroxyl groups excluding tert-OH is 1. The molecule has 0 aromatic carbocycles. The van der Waals surface area contributed by atoms with Crippen molar-refractivity contribution < 1.29 is 9.90 Å². The number of Topliss-reactive ketones (excluding diaryl/α,β-unsaturated/α-hetero) is 1. The summed E-state index contributed by atoms with van der Waals surface area (Å²) in [4.78, 5) is 11.5. The van der Waals surface area contributed by atoms with Crippen LogP contribution in [0.3, 0.4) is 0 Å². The molecule has 0 aromatic rings. The molecule has 2 nitrogen and oxygen atoms in total. The molecule has 0 saturated heterocycles. The van der Waals surface area contributed by atoms with Crippen LogP contribution in [0.5, 0.6) is 0 Å². The van der Waals surface area contributed by atoms with E-state index in [0.29, 0.717) is 18.6 Å². The molecule has 0 spiro atoms. The van der Waals surface area contributed by atoms with Gasteiger partial charge in [0.05, 0.1) is 6.10 Å². The van der Waals surface area contributed by atoms with Gasteiger partial charge in [-0.3, -0.25) is 4.79 Å². The molecule has 1 fully saturated rings. The smallest absolute Gasteiger partial charge is 0.136 e. The fourth-order valence-electron chi connectivity index (χ4n) is 2.99. The van der Waals surface area contributed by atoms with Gasteiger partial charge in [-0.2, -0.15) is 0 Å². The Hall–Kier alpha value is -0.630. The molecular weight excluding hydrogens is 176 g/mol. The zero-order valence-corrected chi connectivity index (χ0v) is 8.97. The summed E-state index contributed by atoms with van der Waals surface area (Å²) in [6.45, 7) is 4.16. The van der Waals surface area contributed by atoms with Gasteiger partial charge < -0.3 is 5.11 Å². The maximum absolute atomic E-state index is 11.5. The Morgan fingerprint density at radius 3 is 2.86 bits per heavy atom. The number of carbonyl (C=O) groups excluding carboxylic acids is 1. The van der Waals surface area contributed by atoms with Crippen molar-refractivity contribution in [2.75, 3.05) is 0 Å². The highest BCUT2D eigenvalue weighted by Crippen LogP contribution is 2.49. The minimum Gasteiger partial charge on any atom is -0.392 e. The molecule has 0 radical (unpaired) electrons. The van der Waals surface area contributed by atoms with Gasteiger partial charge in [-0.05, 0) is 26.2 Å². The van der Waals surface area contributed by atoms with E-state index in [1.54, 1.807) is 0 Å². The van der Waals surface area contributed by atoms with Gasteiger partial charge in [0.2, 0.25) is 0 Å². The molecule has 1 saturated carbocycles. The largest absolute Gasteiger partial charge is 0.392 e. The minimum atomic E-state index is -0.238. The van der Waals surface area contributed by atoms with E-state index in [-0.39, 0.29) is 11.5 Å². The maximum Gasteiger partial charge on any atom is 0.136 e. The molecule has 0 aromatic heterocycles. The molecule has 2 aliphatic rings. The van der Waals surface area contributed by atoms with Crippen LogP contribution in [0.25, 0.3) is 0 Å². The third kappa shape index (κ3) is 1.33. The van der Waals surface area contributed by atoms with E-state index in [2.05, 4.69) is 13.8 Å². The first-order valence-corrected chi connectivity index (χ1v) is 5.43. The SMILES string of the molecule is CC1=C2CCC(O)C2(C)CCC(=O)C1. The van der Waals surface area contributed by atoms with Crippen LogP contribution in [0.4, 0.5) is 0 Å². The van der Waals surface area contributed by atoms with Crippen LogP contribution >= 0.6 is 0 Å². The predicted octanol–water partition coefficient (Wildman–Crippen LogP) is 2.22. The van der Waals surface area contributed by atoms with Crippen LogP contribution in [0.15, 0.2) is 11.1 Å². The maximum atomic E-state index is 11.5. The Bertz CT molecular complexity index is 303. The topological polar surface area (TPSA) is 37.3 Å². The van der Waals surface area contributed by atoms with Crippen LogP contribution < -0.4 is 0 Å². The first kappa shape index (κ1) is 9.91. The second kappa shape index (κ2) is 3.20. The second-order valence-corrected chi connectivity index (χ2v) is 4.95. The van der Waals surface area contributed by atoms with Gasteiger partial charge in [0.1, 0.15) is 5.78 Å². The van der Waals surface area contributed by atoms with E-state index < -0.39 is 0 Å². The normalized spacial score (nSPS) is 38.5. The van der Waals surface area contributed by atoms with Crippen molar-refractivity contribution in [3.63, 3.8) is 0 Å². The van der Waals surface area contributed by atoms with Gasteiger partial charge >= 0.3 is 0 Å². The summed E-state index contributed by atoms with van der Waals surface area (Å²) in [5, 5.41) is 9.97. The number of aliphatic hydroxyl groups is 1. The van der Waals surface area contributed by atoms with Crippen LogP contribution in [0, 0.1) is 5.41 Å². The third-order valence-corrected chi connectivity index (χ3v) is 3.99. The summed E-state index contributed by atoms with van der Waals surface area (Å²) >= 11 is 0. The van der Waals surface area contributed by atoms with E-state index in [0.717, 1.165) is 19.3 Å². The Morgan fingerprint density at radius 2 is 2.14 bits per heavy atom. The van der Waals surface area contributed by atoms with Gasteiger partial charge in [-0.15, -0.1) is 0 Å². The Balaban J connectivity index is 2.41. The highest BCUT2D eigenvalue weighted by Gasteiger charge is 2.43. The summed E-state index contributed by atoms with van der Waals surface area (Å²) in [6.07, 6.45) is 3.69. The minimum absolute atomic E-state index is 0.101. The number of ketones is 1. The highest BCUT2D eigenvalue weighted by atomic mass is 16.3. The van der Waals surface area contributed by atoms with Crippen LogP contribution in [-0.2, 0) is 4.79 Å². The molecule has 1 N–H and O–H groups in total. The van der Waals surface area contributed by atoms with Gasteiger partial charge in [0.15, 0.2) is 0 Å². The summed E-state index contributed by atoms with van der Waals surface area (Å²) in [5.41, 5.74) is 2.47. The van der Waals surface area contributed by atoms with E-state index >= 15 is 0 Å². The first-order valence-electron chi connectivity index (χ1n) is 5.43. The Morgan fingerprint density at radius 1 is 1.43 bits per heavy atom. The fraction of sp³-hybridized carbons (Fsp3) is 0.750. The lowest BCUT2D eigenvalue weighted by molar-refractivity contribution is -0.118. The number of hydrogen-bond acceptors (Lipinski definition) is 2. The standard InChI is InChI=1S/C12H18O2/c1-8-7-9(13)5-6-12(2)10(8)3-4-11(12)14/h11,14H,3-7H2,1-2H3. The van der Waals surface area contributed by atoms with Gasteiger partial charge in [0.25, 0.3) is 0 Å². The summed E-state index contributed by atoms with van der Waals surface area (Å²) < 4.78 is 0. The molecule has 0 aliphatic heterocycles. The van der Waals surface area contributed by atoms with Crippen molar-refractivity contribution in [1.82, 2.24) is 0 Å². The summed E-state index contributed by atoms with van der Waals surface area (Å²) in [7, 11) is 0. The quantitative estimate of drug-likeness (QED) is 0.600.